The number of carbonyl (C=O) groups is 1. The topological polar surface area (TPSA) is 94.2 Å². The van der Waals surface area contributed by atoms with E-state index in [1.807, 2.05) is 38.1 Å². The molecule has 0 atom stereocenters. The minimum Gasteiger partial charge on any atom is -0.347 e. The van der Waals surface area contributed by atoms with Crippen LogP contribution < -0.4 is 10.5 Å². The highest BCUT2D eigenvalue weighted by Crippen LogP contribution is 2.20. The van der Waals surface area contributed by atoms with Crippen LogP contribution in [0.3, 0.4) is 0 Å². The SMILES string of the molecule is Cc1ccc(C)n1-c1ccc(C(=O)NCc2ccc(S(N)(=O)=O)s2)cc1. The number of primary sulfonamides is 1. The van der Waals surface area contributed by atoms with Gasteiger partial charge < -0.3 is 9.88 Å². The van der Waals surface area contributed by atoms with E-state index in [-0.39, 0.29) is 16.7 Å². The largest absolute Gasteiger partial charge is 0.347 e. The molecule has 0 aliphatic rings. The predicted molar refractivity (Wildman–Crippen MR) is 102 cm³/mol. The van der Waals surface area contributed by atoms with Crippen molar-refractivity contribution < 1.29 is 13.2 Å². The Morgan fingerprint density at radius 2 is 1.65 bits per heavy atom. The van der Waals surface area contributed by atoms with Gasteiger partial charge in [0.1, 0.15) is 4.21 Å². The van der Waals surface area contributed by atoms with Crippen molar-refractivity contribution in [2.45, 2.75) is 24.6 Å². The van der Waals surface area contributed by atoms with E-state index < -0.39 is 10.0 Å². The first-order chi connectivity index (χ1) is 12.3. The van der Waals surface area contributed by atoms with Gasteiger partial charge in [-0.3, -0.25) is 4.79 Å². The number of nitrogens with zero attached hydrogens (tertiary/aromatic N) is 1. The average Bonchev–Trinajstić information content (AvgIpc) is 3.20. The number of amides is 1. The third kappa shape index (κ3) is 3.87. The molecule has 0 aliphatic carbocycles. The third-order valence-electron chi connectivity index (χ3n) is 4.00. The molecule has 26 heavy (non-hydrogen) atoms. The highest BCUT2D eigenvalue weighted by Gasteiger charge is 2.12. The lowest BCUT2D eigenvalue weighted by atomic mass is 10.2. The maximum Gasteiger partial charge on any atom is 0.251 e. The molecular formula is C18H19N3O3S2. The highest BCUT2D eigenvalue weighted by molar-refractivity contribution is 7.91. The van der Waals surface area contributed by atoms with Crippen LogP contribution in [0.2, 0.25) is 0 Å². The minimum atomic E-state index is -3.70. The zero-order valence-electron chi connectivity index (χ0n) is 14.4. The summed E-state index contributed by atoms with van der Waals surface area (Å²) in [6, 6.07) is 14.5. The van der Waals surface area contributed by atoms with Crippen LogP contribution in [0.5, 0.6) is 0 Å². The smallest absolute Gasteiger partial charge is 0.251 e. The van der Waals surface area contributed by atoms with E-state index in [1.165, 1.54) is 6.07 Å². The summed E-state index contributed by atoms with van der Waals surface area (Å²) in [5, 5.41) is 7.87. The number of aromatic nitrogens is 1. The highest BCUT2D eigenvalue weighted by atomic mass is 32.2. The Hall–Kier alpha value is -2.42. The van der Waals surface area contributed by atoms with Crippen LogP contribution in [0.1, 0.15) is 26.6 Å². The first-order valence-corrected chi connectivity index (χ1v) is 10.3. The molecule has 3 aromatic rings. The monoisotopic (exact) mass is 389 g/mol. The first-order valence-electron chi connectivity index (χ1n) is 7.91. The Morgan fingerprint density at radius 1 is 1.04 bits per heavy atom. The summed E-state index contributed by atoms with van der Waals surface area (Å²) < 4.78 is 24.8. The van der Waals surface area contributed by atoms with E-state index in [9.17, 15) is 13.2 Å². The van der Waals surface area contributed by atoms with E-state index >= 15 is 0 Å². The normalized spacial score (nSPS) is 11.5. The number of aryl methyl sites for hydroxylation is 2. The molecule has 0 unspecified atom stereocenters. The Morgan fingerprint density at radius 3 is 2.19 bits per heavy atom. The summed E-state index contributed by atoms with van der Waals surface area (Å²) in [5.41, 5.74) is 3.79. The molecule has 0 radical (unpaired) electrons. The van der Waals surface area contributed by atoms with E-state index in [0.717, 1.165) is 33.3 Å². The van der Waals surface area contributed by atoms with Crippen molar-refractivity contribution in [1.29, 1.82) is 0 Å². The molecule has 0 saturated carbocycles. The lowest BCUT2D eigenvalue weighted by Gasteiger charge is -2.10. The predicted octanol–water partition coefficient (Wildman–Crippen LogP) is 2.73. The van der Waals surface area contributed by atoms with Crippen molar-refractivity contribution in [3.63, 3.8) is 0 Å². The average molecular weight is 390 g/mol. The van der Waals surface area contributed by atoms with Gasteiger partial charge >= 0.3 is 0 Å². The number of carbonyl (C=O) groups excluding carboxylic acids is 1. The summed E-state index contributed by atoms with van der Waals surface area (Å²) in [5.74, 6) is -0.219. The molecule has 0 fully saturated rings. The molecule has 0 aliphatic heterocycles. The van der Waals surface area contributed by atoms with Crippen molar-refractivity contribution in [2.24, 2.45) is 5.14 Å². The number of hydrogen-bond donors (Lipinski definition) is 2. The van der Waals surface area contributed by atoms with Crippen LogP contribution in [0.25, 0.3) is 5.69 Å². The molecule has 0 spiro atoms. The number of rotatable bonds is 5. The second-order valence-electron chi connectivity index (χ2n) is 5.95. The van der Waals surface area contributed by atoms with Gasteiger partial charge in [-0.1, -0.05) is 0 Å². The van der Waals surface area contributed by atoms with Gasteiger partial charge in [0, 0.05) is 27.5 Å². The fourth-order valence-electron chi connectivity index (χ4n) is 2.71. The number of nitrogens with two attached hydrogens (primary N) is 1. The fraction of sp³-hybridized carbons (Fsp3) is 0.167. The zero-order chi connectivity index (χ0) is 18.9. The van der Waals surface area contributed by atoms with Crippen molar-refractivity contribution in [2.75, 3.05) is 0 Å². The summed E-state index contributed by atoms with van der Waals surface area (Å²) in [4.78, 5) is 13.0. The Labute approximate surface area is 156 Å². The molecule has 8 heteroatoms. The summed E-state index contributed by atoms with van der Waals surface area (Å²) in [6.07, 6.45) is 0. The molecule has 6 nitrogen and oxygen atoms in total. The van der Waals surface area contributed by atoms with Crippen molar-refractivity contribution in [1.82, 2.24) is 9.88 Å². The number of sulfonamides is 1. The standard InChI is InChI=1S/C18H19N3O3S2/c1-12-3-4-13(2)21(12)15-7-5-14(6-8-15)18(22)20-11-16-9-10-17(25-16)26(19,23)24/h3-10H,11H2,1-2H3,(H,20,22)(H2,19,23,24). The lowest BCUT2D eigenvalue weighted by molar-refractivity contribution is 0.0951. The summed E-state index contributed by atoms with van der Waals surface area (Å²) in [6.45, 7) is 4.31. The fourth-order valence-corrected chi connectivity index (χ4v) is 4.43. The molecule has 0 saturated heterocycles. The van der Waals surface area contributed by atoms with Crippen molar-refractivity contribution in [3.05, 3.63) is 70.4 Å². The van der Waals surface area contributed by atoms with Crippen LogP contribution in [0, 0.1) is 13.8 Å². The summed E-state index contributed by atoms with van der Waals surface area (Å²) >= 11 is 1.05. The van der Waals surface area contributed by atoms with Gasteiger partial charge in [0.15, 0.2) is 0 Å². The van der Waals surface area contributed by atoms with Gasteiger partial charge in [0.25, 0.3) is 5.91 Å². The quantitative estimate of drug-likeness (QED) is 0.702. The van der Waals surface area contributed by atoms with Gasteiger partial charge in [-0.2, -0.15) is 0 Å². The molecule has 1 amide bonds. The molecule has 136 valence electrons. The Bertz CT molecular complexity index is 1030. The van der Waals surface area contributed by atoms with E-state index in [1.54, 1.807) is 18.2 Å². The van der Waals surface area contributed by atoms with Crippen LogP contribution >= 0.6 is 11.3 Å². The van der Waals surface area contributed by atoms with Crippen LogP contribution in [0.4, 0.5) is 0 Å². The summed E-state index contributed by atoms with van der Waals surface area (Å²) in [7, 11) is -3.70. The third-order valence-corrected chi connectivity index (χ3v) is 6.52. The number of benzene rings is 1. The van der Waals surface area contributed by atoms with Gasteiger partial charge in [-0.25, -0.2) is 13.6 Å². The molecule has 2 aromatic heterocycles. The van der Waals surface area contributed by atoms with Crippen LogP contribution in [-0.2, 0) is 16.6 Å². The molecule has 2 heterocycles. The second kappa shape index (κ2) is 7.06. The van der Waals surface area contributed by atoms with Gasteiger partial charge in [0.2, 0.25) is 10.0 Å². The first kappa shape index (κ1) is 18.4. The molecule has 1 aromatic carbocycles. The lowest BCUT2D eigenvalue weighted by Crippen LogP contribution is -2.22. The Balaban J connectivity index is 1.68. The maximum atomic E-state index is 12.3. The Kier molecular flexibility index (Phi) is 4.99. The number of hydrogen-bond acceptors (Lipinski definition) is 4. The zero-order valence-corrected chi connectivity index (χ0v) is 16.0. The van der Waals surface area contributed by atoms with Crippen LogP contribution in [0.15, 0.2) is 52.7 Å². The van der Waals surface area contributed by atoms with E-state index in [4.69, 9.17) is 5.14 Å². The van der Waals surface area contributed by atoms with Crippen LogP contribution in [-0.4, -0.2) is 18.9 Å². The maximum absolute atomic E-state index is 12.3. The second-order valence-corrected chi connectivity index (χ2v) is 8.90. The molecule has 3 rings (SSSR count). The molecule has 0 bridgehead atoms. The molecular weight excluding hydrogens is 370 g/mol. The minimum absolute atomic E-state index is 0.0866. The van der Waals surface area contributed by atoms with Crippen molar-refractivity contribution >= 4 is 27.3 Å². The van der Waals surface area contributed by atoms with Gasteiger partial charge in [-0.05, 0) is 62.4 Å². The van der Waals surface area contributed by atoms with Crippen molar-refractivity contribution in [3.8, 4) is 5.69 Å². The number of thiophene rings is 1. The van der Waals surface area contributed by atoms with E-state index in [2.05, 4.69) is 9.88 Å². The van der Waals surface area contributed by atoms with E-state index in [0.29, 0.717) is 5.56 Å². The van der Waals surface area contributed by atoms with Gasteiger partial charge in [-0.15, -0.1) is 11.3 Å². The molecule has 3 N–H and O–H groups in total. The number of nitrogens with one attached hydrogen (secondary N) is 1. The van der Waals surface area contributed by atoms with Gasteiger partial charge in [0.05, 0.1) is 6.54 Å².